The largest absolute Gasteiger partial charge is 0.314 e. The fraction of sp³-hybridized carbons (Fsp3) is 0.538. The van der Waals surface area contributed by atoms with E-state index >= 15 is 0 Å². The van der Waals surface area contributed by atoms with Gasteiger partial charge in [-0.1, -0.05) is 35.0 Å². The summed E-state index contributed by atoms with van der Waals surface area (Å²) in [5.41, 5.74) is 1.44. The number of hydrogen-bond donors (Lipinski definition) is 1. The van der Waals surface area contributed by atoms with E-state index in [1.807, 2.05) is 0 Å². The van der Waals surface area contributed by atoms with Crippen LogP contribution in [-0.2, 0) is 6.42 Å². The highest BCUT2D eigenvalue weighted by molar-refractivity contribution is 9.10. The molecule has 0 radical (unpaired) electrons. The molecule has 2 rings (SSSR count). The first-order chi connectivity index (χ1) is 7.29. The summed E-state index contributed by atoms with van der Waals surface area (Å²) in [7, 11) is 0. The third kappa shape index (κ3) is 3.32. The van der Waals surface area contributed by atoms with E-state index in [1.165, 1.54) is 24.8 Å². The molecule has 0 bridgehead atoms. The molecule has 1 aromatic rings. The fourth-order valence-corrected chi connectivity index (χ4v) is 2.31. The Hall–Kier alpha value is -0.340. The lowest BCUT2D eigenvalue weighted by Crippen LogP contribution is -2.32. The first-order valence-electron chi connectivity index (χ1n) is 5.77. The Morgan fingerprint density at radius 2 is 2.00 bits per heavy atom. The molecule has 0 aromatic heterocycles. The highest BCUT2D eigenvalue weighted by atomic mass is 79.9. The Morgan fingerprint density at radius 1 is 1.33 bits per heavy atom. The molecule has 0 aliphatic heterocycles. The van der Waals surface area contributed by atoms with Gasteiger partial charge in [-0.05, 0) is 49.4 Å². The summed E-state index contributed by atoms with van der Waals surface area (Å²) in [4.78, 5) is 0. The molecule has 0 spiro atoms. The van der Waals surface area contributed by atoms with Gasteiger partial charge in [0, 0.05) is 10.5 Å². The first-order valence-corrected chi connectivity index (χ1v) is 6.56. The van der Waals surface area contributed by atoms with Crippen molar-refractivity contribution >= 4 is 15.9 Å². The molecule has 1 saturated carbocycles. The van der Waals surface area contributed by atoms with Crippen molar-refractivity contribution in [1.29, 1.82) is 0 Å². The molecule has 1 unspecified atom stereocenters. The Morgan fingerprint density at radius 3 is 2.53 bits per heavy atom. The maximum absolute atomic E-state index is 3.60. The predicted octanol–water partition coefficient (Wildman–Crippen LogP) is 3.38. The second-order valence-corrected chi connectivity index (χ2v) is 5.25. The average Bonchev–Trinajstić information content (AvgIpc) is 3.04. The molecule has 1 aliphatic carbocycles. The lowest BCUT2D eigenvalue weighted by Gasteiger charge is -2.17. The standard InChI is InChI=1S/C13H18BrN/c1-2-15-13(11-5-6-11)9-10-3-7-12(14)8-4-10/h3-4,7-8,11,13,15H,2,5-6,9H2,1H3. The van der Waals surface area contributed by atoms with Crippen molar-refractivity contribution < 1.29 is 0 Å². The highest BCUT2D eigenvalue weighted by Crippen LogP contribution is 2.34. The number of rotatable bonds is 5. The fourth-order valence-electron chi connectivity index (χ4n) is 2.04. The van der Waals surface area contributed by atoms with Gasteiger partial charge in [-0.25, -0.2) is 0 Å². The van der Waals surface area contributed by atoms with Crippen LogP contribution in [-0.4, -0.2) is 12.6 Å². The van der Waals surface area contributed by atoms with Crippen LogP contribution in [0.15, 0.2) is 28.7 Å². The van der Waals surface area contributed by atoms with E-state index < -0.39 is 0 Å². The Kier molecular flexibility index (Phi) is 3.81. The molecule has 1 N–H and O–H groups in total. The second kappa shape index (κ2) is 5.13. The highest BCUT2D eigenvalue weighted by Gasteiger charge is 2.30. The molecule has 1 atom stereocenters. The van der Waals surface area contributed by atoms with E-state index in [0.29, 0.717) is 6.04 Å². The molecule has 0 saturated heterocycles. The maximum Gasteiger partial charge on any atom is 0.0175 e. The molecule has 1 nitrogen and oxygen atoms in total. The summed E-state index contributed by atoms with van der Waals surface area (Å²) in [6.45, 7) is 3.27. The van der Waals surface area contributed by atoms with E-state index in [1.54, 1.807) is 0 Å². The Bertz CT molecular complexity index is 303. The maximum atomic E-state index is 3.60. The van der Waals surface area contributed by atoms with E-state index in [9.17, 15) is 0 Å². The van der Waals surface area contributed by atoms with Gasteiger partial charge in [0.25, 0.3) is 0 Å². The Balaban J connectivity index is 1.95. The van der Waals surface area contributed by atoms with Crippen molar-refractivity contribution in [3.63, 3.8) is 0 Å². The van der Waals surface area contributed by atoms with Crippen LogP contribution >= 0.6 is 15.9 Å². The SMILES string of the molecule is CCNC(Cc1ccc(Br)cc1)C1CC1. The van der Waals surface area contributed by atoms with Gasteiger partial charge in [0.05, 0.1) is 0 Å². The van der Waals surface area contributed by atoms with Crippen molar-refractivity contribution in [3.05, 3.63) is 34.3 Å². The van der Waals surface area contributed by atoms with Gasteiger partial charge in [-0.15, -0.1) is 0 Å². The van der Waals surface area contributed by atoms with Crippen LogP contribution in [0.25, 0.3) is 0 Å². The van der Waals surface area contributed by atoms with Crippen LogP contribution in [0.2, 0.25) is 0 Å². The van der Waals surface area contributed by atoms with Crippen molar-refractivity contribution in [2.75, 3.05) is 6.54 Å². The van der Waals surface area contributed by atoms with Crippen molar-refractivity contribution in [2.45, 2.75) is 32.2 Å². The zero-order valence-electron chi connectivity index (χ0n) is 9.17. The van der Waals surface area contributed by atoms with Crippen LogP contribution in [0.5, 0.6) is 0 Å². The molecular formula is C13H18BrN. The minimum atomic E-state index is 0.691. The Labute approximate surface area is 100 Å². The van der Waals surface area contributed by atoms with E-state index in [0.717, 1.165) is 16.9 Å². The topological polar surface area (TPSA) is 12.0 Å². The molecule has 1 fully saturated rings. The third-order valence-corrected chi connectivity index (χ3v) is 3.55. The van der Waals surface area contributed by atoms with Gasteiger partial charge >= 0.3 is 0 Å². The summed E-state index contributed by atoms with van der Waals surface area (Å²) >= 11 is 3.47. The van der Waals surface area contributed by atoms with Gasteiger partial charge in [0.1, 0.15) is 0 Å². The normalized spacial score (nSPS) is 17.7. The molecular weight excluding hydrogens is 250 g/mol. The minimum absolute atomic E-state index is 0.691. The van der Waals surface area contributed by atoms with E-state index in [-0.39, 0.29) is 0 Å². The first kappa shape index (κ1) is 11.2. The van der Waals surface area contributed by atoms with Crippen LogP contribution < -0.4 is 5.32 Å². The predicted molar refractivity (Wildman–Crippen MR) is 68.0 cm³/mol. The van der Waals surface area contributed by atoms with E-state index in [2.05, 4.69) is 52.4 Å². The lowest BCUT2D eigenvalue weighted by molar-refractivity contribution is 0.472. The number of hydrogen-bond acceptors (Lipinski definition) is 1. The summed E-state index contributed by atoms with van der Waals surface area (Å²) in [6, 6.07) is 9.39. The summed E-state index contributed by atoms with van der Waals surface area (Å²) in [6.07, 6.45) is 3.99. The average molecular weight is 268 g/mol. The molecule has 0 heterocycles. The van der Waals surface area contributed by atoms with Crippen LogP contribution in [0, 0.1) is 5.92 Å². The summed E-state index contributed by atoms with van der Waals surface area (Å²) < 4.78 is 1.16. The number of nitrogens with one attached hydrogen (secondary N) is 1. The zero-order chi connectivity index (χ0) is 10.7. The third-order valence-electron chi connectivity index (χ3n) is 3.03. The molecule has 1 aromatic carbocycles. The van der Waals surface area contributed by atoms with Crippen LogP contribution in [0.1, 0.15) is 25.3 Å². The number of benzene rings is 1. The molecule has 2 heteroatoms. The van der Waals surface area contributed by atoms with Gasteiger partial charge in [0.2, 0.25) is 0 Å². The molecule has 82 valence electrons. The quantitative estimate of drug-likeness (QED) is 0.863. The zero-order valence-corrected chi connectivity index (χ0v) is 10.8. The van der Waals surface area contributed by atoms with Gasteiger partial charge in [-0.2, -0.15) is 0 Å². The lowest BCUT2D eigenvalue weighted by atomic mass is 10.0. The smallest absolute Gasteiger partial charge is 0.0175 e. The van der Waals surface area contributed by atoms with Gasteiger partial charge < -0.3 is 5.32 Å². The van der Waals surface area contributed by atoms with E-state index in [4.69, 9.17) is 0 Å². The molecule has 1 aliphatic rings. The molecule has 0 amide bonds. The van der Waals surface area contributed by atoms with Crippen LogP contribution in [0.4, 0.5) is 0 Å². The van der Waals surface area contributed by atoms with Crippen molar-refractivity contribution in [2.24, 2.45) is 5.92 Å². The van der Waals surface area contributed by atoms with Crippen LogP contribution in [0.3, 0.4) is 0 Å². The van der Waals surface area contributed by atoms with Gasteiger partial charge in [-0.3, -0.25) is 0 Å². The second-order valence-electron chi connectivity index (χ2n) is 4.33. The monoisotopic (exact) mass is 267 g/mol. The molecule has 15 heavy (non-hydrogen) atoms. The number of likely N-dealkylation sites (N-methyl/N-ethyl adjacent to an activating group) is 1. The minimum Gasteiger partial charge on any atom is -0.314 e. The van der Waals surface area contributed by atoms with Crippen molar-refractivity contribution in [3.8, 4) is 0 Å². The number of halogens is 1. The van der Waals surface area contributed by atoms with Gasteiger partial charge in [0.15, 0.2) is 0 Å². The van der Waals surface area contributed by atoms with Crippen molar-refractivity contribution in [1.82, 2.24) is 5.32 Å². The summed E-state index contributed by atoms with van der Waals surface area (Å²) in [5.74, 6) is 0.925. The summed E-state index contributed by atoms with van der Waals surface area (Å²) in [5, 5.41) is 3.60.